The summed E-state index contributed by atoms with van der Waals surface area (Å²) in [6.45, 7) is -0.218. The number of para-hydroxylation sites is 2. The van der Waals surface area contributed by atoms with Crippen molar-refractivity contribution >= 4 is 28.8 Å². The fourth-order valence-corrected chi connectivity index (χ4v) is 4.45. The van der Waals surface area contributed by atoms with Gasteiger partial charge >= 0.3 is 0 Å². The highest BCUT2D eigenvalue weighted by atomic mass is 19.1. The first kappa shape index (κ1) is 20.9. The van der Waals surface area contributed by atoms with Crippen LogP contribution >= 0.6 is 0 Å². The van der Waals surface area contributed by atoms with E-state index in [1.165, 1.54) is 6.26 Å². The van der Waals surface area contributed by atoms with Gasteiger partial charge in [0, 0.05) is 23.8 Å². The zero-order valence-corrected chi connectivity index (χ0v) is 17.6. The molecule has 8 heteroatoms. The van der Waals surface area contributed by atoms with Crippen molar-refractivity contribution in [1.82, 2.24) is 0 Å². The molecule has 6 nitrogen and oxygen atoms in total. The quantitative estimate of drug-likeness (QED) is 0.574. The average Bonchev–Trinajstić information content (AvgIpc) is 3.28. The molecule has 168 valence electrons. The summed E-state index contributed by atoms with van der Waals surface area (Å²) in [6.07, 6.45) is 3.36. The number of rotatable bonds is 4. The van der Waals surface area contributed by atoms with Crippen LogP contribution in [0.5, 0.6) is 0 Å². The third-order valence-corrected chi connectivity index (χ3v) is 5.87. The third-order valence-electron chi connectivity index (χ3n) is 5.87. The first-order chi connectivity index (χ1) is 16.0. The van der Waals surface area contributed by atoms with E-state index >= 15 is 0 Å². The van der Waals surface area contributed by atoms with Crippen LogP contribution in [0.3, 0.4) is 0 Å². The highest BCUT2D eigenvalue weighted by Crippen LogP contribution is 2.44. The van der Waals surface area contributed by atoms with Crippen molar-refractivity contribution in [2.45, 2.75) is 25.3 Å². The molecule has 0 fully saturated rings. The molecule has 0 saturated carbocycles. The van der Waals surface area contributed by atoms with Crippen molar-refractivity contribution in [1.29, 1.82) is 0 Å². The van der Waals surface area contributed by atoms with Gasteiger partial charge in [-0.3, -0.25) is 9.59 Å². The minimum Gasteiger partial charge on any atom is -0.467 e. The number of anilines is 3. The van der Waals surface area contributed by atoms with Crippen molar-refractivity contribution in [3.05, 3.63) is 89.5 Å². The molecule has 2 N–H and O–H groups in total. The number of ketones is 1. The Kier molecular flexibility index (Phi) is 5.42. The Bertz CT molecular complexity index is 1250. The van der Waals surface area contributed by atoms with Gasteiger partial charge in [-0.25, -0.2) is 8.78 Å². The van der Waals surface area contributed by atoms with Gasteiger partial charge in [-0.05, 0) is 49.2 Å². The Balaban J connectivity index is 1.58. The number of fused-ring (bicyclic) bond motifs is 1. The number of benzene rings is 2. The van der Waals surface area contributed by atoms with E-state index in [-0.39, 0.29) is 18.0 Å². The molecule has 0 saturated heterocycles. The van der Waals surface area contributed by atoms with Crippen LogP contribution in [0.2, 0.25) is 0 Å². The lowest BCUT2D eigenvalue weighted by atomic mass is 9.88. The lowest BCUT2D eigenvalue weighted by Crippen LogP contribution is -2.38. The van der Waals surface area contributed by atoms with Gasteiger partial charge < -0.3 is 20.0 Å². The van der Waals surface area contributed by atoms with Crippen LogP contribution in [0.1, 0.15) is 31.1 Å². The number of nitrogens with zero attached hydrogens (tertiary/aromatic N) is 1. The monoisotopic (exact) mass is 449 g/mol. The smallest absolute Gasteiger partial charge is 0.244 e. The van der Waals surface area contributed by atoms with Crippen molar-refractivity contribution < 1.29 is 22.8 Å². The van der Waals surface area contributed by atoms with Gasteiger partial charge in [0.1, 0.15) is 23.4 Å². The van der Waals surface area contributed by atoms with E-state index in [1.807, 2.05) is 24.3 Å². The molecular weight excluding hydrogens is 428 g/mol. The highest BCUT2D eigenvalue weighted by molar-refractivity contribution is 6.02. The number of furan rings is 1. The van der Waals surface area contributed by atoms with Crippen LogP contribution in [0.4, 0.5) is 25.8 Å². The van der Waals surface area contributed by atoms with Gasteiger partial charge in [-0.1, -0.05) is 12.1 Å². The molecular formula is C25H21F2N3O3. The summed E-state index contributed by atoms with van der Waals surface area (Å²) in [4.78, 5) is 27.9. The molecule has 1 aliphatic carbocycles. The van der Waals surface area contributed by atoms with Crippen molar-refractivity contribution in [3.8, 4) is 0 Å². The SMILES string of the molecule is O=C(CN1c2ccccc2NC2=C(C(=O)CCC2)[C@H]1c1ccco1)Nc1cc(F)ccc1F. The first-order valence-electron chi connectivity index (χ1n) is 10.7. The van der Waals surface area contributed by atoms with Crippen LogP contribution in [0.15, 0.2) is 76.5 Å². The number of amides is 1. The van der Waals surface area contributed by atoms with Gasteiger partial charge in [0.25, 0.3) is 0 Å². The van der Waals surface area contributed by atoms with E-state index in [1.54, 1.807) is 17.0 Å². The zero-order chi connectivity index (χ0) is 22.9. The summed E-state index contributed by atoms with van der Waals surface area (Å²) in [5.41, 5.74) is 2.55. The Morgan fingerprint density at radius 1 is 1.12 bits per heavy atom. The number of nitrogens with one attached hydrogen (secondary N) is 2. The fourth-order valence-electron chi connectivity index (χ4n) is 4.45. The fraction of sp³-hybridized carbons (Fsp3) is 0.200. The van der Waals surface area contributed by atoms with Crippen LogP contribution in [-0.4, -0.2) is 18.2 Å². The Morgan fingerprint density at radius 2 is 1.97 bits per heavy atom. The van der Waals surface area contributed by atoms with Crippen LogP contribution in [-0.2, 0) is 9.59 Å². The Morgan fingerprint density at radius 3 is 2.79 bits per heavy atom. The normalized spacial score (nSPS) is 17.7. The number of carbonyl (C=O) groups is 2. The second-order valence-corrected chi connectivity index (χ2v) is 8.03. The molecule has 2 aliphatic rings. The Hall–Kier alpha value is -3.94. The molecule has 5 rings (SSSR count). The van der Waals surface area contributed by atoms with Gasteiger partial charge in [-0.15, -0.1) is 0 Å². The molecule has 1 amide bonds. The molecule has 1 aliphatic heterocycles. The van der Waals surface area contributed by atoms with Crippen LogP contribution in [0, 0.1) is 11.6 Å². The van der Waals surface area contributed by atoms with E-state index in [9.17, 15) is 18.4 Å². The maximum atomic E-state index is 14.1. The number of allylic oxidation sites excluding steroid dienone is 1. The number of hydrogen-bond donors (Lipinski definition) is 2. The molecule has 2 aromatic carbocycles. The molecule has 1 aromatic heterocycles. The standard InChI is InChI=1S/C25H21F2N3O3/c26-15-10-11-16(27)19(13-15)29-23(32)14-30-20-7-2-1-5-17(20)28-18-6-3-8-21(31)24(18)25(30)22-9-4-12-33-22/h1-2,4-5,7,9-13,25,28H,3,6,8,14H2,(H,29,32)/t25-/m1/s1. The molecule has 33 heavy (non-hydrogen) atoms. The molecule has 2 heterocycles. The summed E-state index contributed by atoms with van der Waals surface area (Å²) in [6, 6.07) is 13.1. The second-order valence-electron chi connectivity index (χ2n) is 8.03. The van der Waals surface area contributed by atoms with Crippen LogP contribution < -0.4 is 15.5 Å². The Labute approximate surface area is 188 Å². The summed E-state index contributed by atoms with van der Waals surface area (Å²) in [5, 5.41) is 5.84. The number of halogens is 2. The summed E-state index contributed by atoms with van der Waals surface area (Å²) in [7, 11) is 0. The van der Waals surface area contributed by atoms with E-state index in [0.717, 1.165) is 36.0 Å². The number of hydrogen-bond acceptors (Lipinski definition) is 5. The highest BCUT2D eigenvalue weighted by Gasteiger charge is 2.38. The predicted octanol–water partition coefficient (Wildman–Crippen LogP) is 5.18. The summed E-state index contributed by atoms with van der Waals surface area (Å²) < 4.78 is 33.4. The maximum Gasteiger partial charge on any atom is 0.244 e. The summed E-state index contributed by atoms with van der Waals surface area (Å²) >= 11 is 0. The van der Waals surface area contributed by atoms with Gasteiger partial charge in [0.2, 0.25) is 5.91 Å². The number of carbonyl (C=O) groups excluding carboxylic acids is 2. The van der Waals surface area contributed by atoms with Crippen LogP contribution in [0.25, 0.3) is 0 Å². The molecule has 0 spiro atoms. The van der Waals surface area contributed by atoms with E-state index in [0.29, 0.717) is 29.9 Å². The molecule has 1 atom stereocenters. The molecule has 0 radical (unpaired) electrons. The minimum atomic E-state index is -0.738. The lowest BCUT2D eigenvalue weighted by Gasteiger charge is -2.33. The zero-order valence-electron chi connectivity index (χ0n) is 17.6. The maximum absolute atomic E-state index is 14.1. The first-order valence-corrected chi connectivity index (χ1v) is 10.7. The van der Waals surface area contributed by atoms with Crippen molar-refractivity contribution in [2.75, 3.05) is 22.1 Å². The largest absolute Gasteiger partial charge is 0.467 e. The van der Waals surface area contributed by atoms with Crippen molar-refractivity contribution in [3.63, 3.8) is 0 Å². The summed E-state index contributed by atoms with van der Waals surface area (Å²) in [5.74, 6) is -1.46. The molecule has 3 aromatic rings. The molecule has 0 unspecified atom stereocenters. The average molecular weight is 449 g/mol. The van der Waals surface area contributed by atoms with Crippen molar-refractivity contribution in [2.24, 2.45) is 0 Å². The van der Waals surface area contributed by atoms with E-state index < -0.39 is 23.6 Å². The van der Waals surface area contributed by atoms with E-state index in [2.05, 4.69) is 10.6 Å². The van der Waals surface area contributed by atoms with Gasteiger partial charge in [-0.2, -0.15) is 0 Å². The van der Waals surface area contributed by atoms with Gasteiger partial charge in [0.05, 0.1) is 29.9 Å². The second kappa shape index (κ2) is 8.54. The minimum absolute atomic E-state index is 0.0143. The molecule has 0 bridgehead atoms. The predicted molar refractivity (Wildman–Crippen MR) is 120 cm³/mol. The third kappa shape index (κ3) is 4.00. The van der Waals surface area contributed by atoms with E-state index in [4.69, 9.17) is 4.42 Å². The van der Waals surface area contributed by atoms with Gasteiger partial charge in [0.15, 0.2) is 5.78 Å². The topological polar surface area (TPSA) is 74.6 Å². The number of Topliss-reactive ketones (excluding diaryl/α,β-unsaturated/α-hetero) is 1. The lowest BCUT2D eigenvalue weighted by molar-refractivity contribution is -0.117.